The lowest BCUT2D eigenvalue weighted by Gasteiger charge is -2.36. The van der Waals surface area contributed by atoms with Crippen LogP contribution in [-0.2, 0) is 17.7 Å². The molecule has 1 aromatic heterocycles. The Bertz CT molecular complexity index is 935. The Kier molecular flexibility index (Phi) is 5.04. The van der Waals surface area contributed by atoms with E-state index >= 15 is 0 Å². The van der Waals surface area contributed by atoms with E-state index < -0.39 is 0 Å². The number of nitrogens with zero attached hydrogens (tertiary/aromatic N) is 4. The van der Waals surface area contributed by atoms with Gasteiger partial charge in [-0.05, 0) is 44.2 Å². The molecule has 2 amide bonds. The molecule has 30 heavy (non-hydrogen) atoms. The molecule has 4 heterocycles. The summed E-state index contributed by atoms with van der Waals surface area (Å²) in [5.74, 6) is 1.81. The molecule has 5 rings (SSSR count). The number of morpholine rings is 1. The zero-order valence-corrected chi connectivity index (χ0v) is 17.5. The van der Waals surface area contributed by atoms with E-state index in [9.17, 15) is 4.79 Å². The minimum absolute atomic E-state index is 0.235. The lowest BCUT2D eigenvalue weighted by Crippen LogP contribution is -2.44. The molecular weight excluding hydrogens is 380 g/mol. The third-order valence-electron chi connectivity index (χ3n) is 6.20. The van der Waals surface area contributed by atoms with E-state index in [1.54, 1.807) is 7.05 Å². The van der Waals surface area contributed by atoms with E-state index in [1.165, 1.54) is 5.56 Å². The molecule has 2 fully saturated rings. The van der Waals surface area contributed by atoms with Crippen molar-refractivity contribution in [2.75, 3.05) is 43.9 Å². The van der Waals surface area contributed by atoms with Gasteiger partial charge >= 0.3 is 6.03 Å². The maximum absolute atomic E-state index is 11.5. The molecule has 2 unspecified atom stereocenters. The van der Waals surface area contributed by atoms with Gasteiger partial charge < -0.3 is 25.2 Å². The molecule has 3 aliphatic heterocycles. The lowest BCUT2D eigenvalue weighted by molar-refractivity contribution is 0.0301. The highest BCUT2D eigenvalue weighted by Crippen LogP contribution is 2.34. The Morgan fingerprint density at radius 1 is 1.13 bits per heavy atom. The molecule has 8 nitrogen and oxygen atoms in total. The fourth-order valence-corrected chi connectivity index (χ4v) is 4.61. The maximum Gasteiger partial charge on any atom is 0.318 e. The van der Waals surface area contributed by atoms with Crippen LogP contribution in [0.15, 0.2) is 24.3 Å². The third kappa shape index (κ3) is 3.73. The number of hydrogen-bond donors (Lipinski definition) is 2. The van der Waals surface area contributed by atoms with Gasteiger partial charge in [-0.2, -0.15) is 0 Å². The van der Waals surface area contributed by atoms with Crippen molar-refractivity contribution in [1.29, 1.82) is 0 Å². The van der Waals surface area contributed by atoms with Gasteiger partial charge in [0.25, 0.3) is 0 Å². The average Bonchev–Trinajstić information content (AvgIpc) is 3.11. The number of amides is 2. The zero-order valence-electron chi connectivity index (χ0n) is 17.5. The number of anilines is 2. The molecule has 2 aromatic rings. The summed E-state index contributed by atoms with van der Waals surface area (Å²) in [5, 5.41) is 5.35. The van der Waals surface area contributed by atoms with E-state index in [1.807, 2.05) is 24.3 Å². The topological polar surface area (TPSA) is 82.6 Å². The van der Waals surface area contributed by atoms with Crippen LogP contribution in [0.5, 0.6) is 0 Å². The SMILES string of the molecule is CNC(=O)Nc1ccc(-c2nc3c(c(N4CC5CCC(C4)O5)n2)CN(C)CC3)cc1. The summed E-state index contributed by atoms with van der Waals surface area (Å²) < 4.78 is 6.05. The van der Waals surface area contributed by atoms with Crippen molar-refractivity contribution in [1.82, 2.24) is 20.2 Å². The molecular formula is C22H28N6O2. The normalized spacial score (nSPS) is 23.2. The van der Waals surface area contributed by atoms with Crippen molar-refractivity contribution < 1.29 is 9.53 Å². The fourth-order valence-electron chi connectivity index (χ4n) is 4.61. The Balaban J connectivity index is 1.49. The van der Waals surface area contributed by atoms with Crippen LogP contribution >= 0.6 is 0 Å². The Hall–Kier alpha value is -2.71. The molecule has 2 atom stereocenters. The van der Waals surface area contributed by atoms with Crippen LogP contribution in [0.25, 0.3) is 11.4 Å². The number of benzene rings is 1. The number of carbonyl (C=O) groups is 1. The second kappa shape index (κ2) is 7.85. The number of fused-ring (bicyclic) bond motifs is 3. The number of rotatable bonds is 3. The van der Waals surface area contributed by atoms with Gasteiger partial charge in [0.05, 0.1) is 17.9 Å². The van der Waals surface area contributed by atoms with Crippen LogP contribution < -0.4 is 15.5 Å². The molecule has 0 spiro atoms. The first-order valence-electron chi connectivity index (χ1n) is 10.7. The van der Waals surface area contributed by atoms with Gasteiger partial charge in [-0.3, -0.25) is 0 Å². The third-order valence-corrected chi connectivity index (χ3v) is 6.20. The van der Waals surface area contributed by atoms with E-state index in [4.69, 9.17) is 14.7 Å². The molecule has 0 aliphatic carbocycles. The monoisotopic (exact) mass is 408 g/mol. The number of aromatic nitrogens is 2. The highest BCUT2D eigenvalue weighted by Gasteiger charge is 2.36. The van der Waals surface area contributed by atoms with E-state index in [-0.39, 0.29) is 6.03 Å². The number of carbonyl (C=O) groups excluding carboxylic acids is 1. The summed E-state index contributed by atoms with van der Waals surface area (Å²) >= 11 is 0. The highest BCUT2D eigenvalue weighted by molar-refractivity contribution is 5.89. The second-order valence-electron chi connectivity index (χ2n) is 8.43. The smallest absolute Gasteiger partial charge is 0.318 e. The standard InChI is InChI=1S/C22H28N6O2/c1-23-22(29)24-15-5-3-14(4-6-15)20-25-19-9-10-27(2)13-18(19)21(26-20)28-11-16-7-8-17(12-28)30-16/h3-6,16-17H,7-13H2,1-2H3,(H2,23,24,29). The highest BCUT2D eigenvalue weighted by atomic mass is 16.5. The van der Waals surface area contributed by atoms with E-state index in [2.05, 4.69) is 27.5 Å². The predicted octanol–water partition coefficient (Wildman–Crippen LogP) is 2.25. The number of urea groups is 1. The number of likely N-dealkylation sites (N-methyl/N-ethyl adjacent to an activating group) is 1. The average molecular weight is 409 g/mol. The number of hydrogen-bond acceptors (Lipinski definition) is 6. The van der Waals surface area contributed by atoms with Crippen LogP contribution in [0, 0.1) is 0 Å². The quantitative estimate of drug-likeness (QED) is 0.811. The summed E-state index contributed by atoms with van der Waals surface area (Å²) in [4.78, 5) is 26.3. The summed E-state index contributed by atoms with van der Waals surface area (Å²) in [5.41, 5.74) is 4.10. The predicted molar refractivity (Wildman–Crippen MR) is 116 cm³/mol. The first-order valence-corrected chi connectivity index (χ1v) is 10.7. The molecule has 158 valence electrons. The van der Waals surface area contributed by atoms with E-state index in [0.29, 0.717) is 12.2 Å². The summed E-state index contributed by atoms with van der Waals surface area (Å²) in [6.07, 6.45) is 3.84. The van der Waals surface area contributed by atoms with Gasteiger partial charge in [0.15, 0.2) is 5.82 Å². The largest absolute Gasteiger partial charge is 0.371 e. The minimum Gasteiger partial charge on any atom is -0.371 e. The van der Waals surface area contributed by atoms with Gasteiger partial charge in [-0.25, -0.2) is 14.8 Å². The van der Waals surface area contributed by atoms with Gasteiger partial charge in [0.2, 0.25) is 0 Å². The van der Waals surface area contributed by atoms with Crippen LogP contribution in [0.2, 0.25) is 0 Å². The molecule has 0 radical (unpaired) electrons. The Morgan fingerprint density at radius 2 is 1.87 bits per heavy atom. The van der Waals surface area contributed by atoms with Gasteiger partial charge in [0, 0.05) is 56.5 Å². The molecule has 0 saturated carbocycles. The van der Waals surface area contributed by atoms with Crippen molar-refractivity contribution in [2.24, 2.45) is 0 Å². The number of ether oxygens (including phenoxy) is 1. The molecule has 2 bridgehead atoms. The molecule has 1 aromatic carbocycles. The minimum atomic E-state index is -0.235. The van der Waals surface area contributed by atoms with Crippen molar-refractivity contribution >= 4 is 17.5 Å². The first kappa shape index (κ1) is 19.3. The molecule has 3 aliphatic rings. The van der Waals surface area contributed by atoms with Crippen molar-refractivity contribution in [2.45, 2.75) is 38.0 Å². The summed E-state index contributed by atoms with van der Waals surface area (Å²) in [7, 11) is 3.75. The summed E-state index contributed by atoms with van der Waals surface area (Å²) in [6, 6.07) is 7.47. The maximum atomic E-state index is 11.5. The molecule has 2 saturated heterocycles. The van der Waals surface area contributed by atoms with Crippen molar-refractivity contribution in [3.05, 3.63) is 35.5 Å². The summed E-state index contributed by atoms with van der Waals surface area (Å²) in [6.45, 7) is 3.69. The Morgan fingerprint density at radius 3 is 2.57 bits per heavy atom. The van der Waals surface area contributed by atoms with Crippen molar-refractivity contribution in [3.8, 4) is 11.4 Å². The fraction of sp³-hybridized carbons (Fsp3) is 0.500. The van der Waals surface area contributed by atoms with Crippen molar-refractivity contribution in [3.63, 3.8) is 0 Å². The zero-order chi connectivity index (χ0) is 20.7. The second-order valence-corrected chi connectivity index (χ2v) is 8.43. The first-order chi connectivity index (χ1) is 14.6. The lowest BCUT2D eigenvalue weighted by atomic mass is 10.0. The number of nitrogens with one attached hydrogen (secondary N) is 2. The molecule has 8 heteroatoms. The van der Waals surface area contributed by atoms with Crippen LogP contribution in [-0.4, -0.2) is 66.8 Å². The van der Waals surface area contributed by atoms with E-state index in [0.717, 1.165) is 74.0 Å². The Labute approximate surface area is 176 Å². The van der Waals surface area contributed by atoms with Crippen LogP contribution in [0.3, 0.4) is 0 Å². The van der Waals surface area contributed by atoms with Crippen LogP contribution in [0.1, 0.15) is 24.1 Å². The molecule has 2 N–H and O–H groups in total. The van der Waals surface area contributed by atoms with Gasteiger partial charge in [-0.1, -0.05) is 0 Å². The van der Waals surface area contributed by atoms with Crippen LogP contribution in [0.4, 0.5) is 16.3 Å². The van der Waals surface area contributed by atoms with Gasteiger partial charge in [0.1, 0.15) is 5.82 Å². The van der Waals surface area contributed by atoms with Gasteiger partial charge in [-0.15, -0.1) is 0 Å².